The molecule has 13 heavy (non-hydrogen) atoms. The van der Waals surface area contributed by atoms with E-state index in [2.05, 4.69) is 15.9 Å². The van der Waals surface area contributed by atoms with Crippen LogP contribution in [0.5, 0.6) is 0 Å². The van der Waals surface area contributed by atoms with Crippen LogP contribution in [0.15, 0.2) is 15.9 Å². The summed E-state index contributed by atoms with van der Waals surface area (Å²) in [5, 5.41) is 3.18. The number of halogens is 1. The normalized spacial score (nSPS) is 10.1. The van der Waals surface area contributed by atoms with Gasteiger partial charge in [0.1, 0.15) is 0 Å². The molecule has 0 aliphatic rings. The predicted octanol–water partition coefficient (Wildman–Crippen LogP) is 2.07. The molecule has 0 aromatic carbocycles. The fourth-order valence-corrected chi connectivity index (χ4v) is 2.25. The monoisotopic (exact) mass is 263 g/mol. The zero-order valence-electron chi connectivity index (χ0n) is 7.41. The van der Waals surface area contributed by atoms with Crippen LogP contribution in [0.1, 0.15) is 4.88 Å². The van der Waals surface area contributed by atoms with Crippen molar-refractivity contribution in [3.8, 4) is 0 Å². The smallest absolute Gasteiger partial charge is 0.251 e. The highest BCUT2D eigenvalue weighted by atomic mass is 79.9. The Labute approximate surface area is 89.4 Å². The van der Waals surface area contributed by atoms with Crippen molar-refractivity contribution in [3.05, 3.63) is 20.8 Å². The lowest BCUT2D eigenvalue weighted by Gasteiger charge is -2.12. The van der Waals surface area contributed by atoms with Gasteiger partial charge in [-0.3, -0.25) is 9.63 Å². The second-order valence-corrected chi connectivity index (χ2v) is 4.39. The van der Waals surface area contributed by atoms with Gasteiger partial charge in [-0.2, -0.15) is 0 Å². The fourth-order valence-electron chi connectivity index (χ4n) is 0.809. The van der Waals surface area contributed by atoms with Crippen molar-refractivity contribution in [3.63, 3.8) is 0 Å². The van der Waals surface area contributed by atoms with E-state index in [0.29, 0.717) is 6.42 Å². The first-order valence-corrected chi connectivity index (χ1v) is 5.34. The highest BCUT2D eigenvalue weighted by Gasteiger charge is 2.09. The number of rotatable bonds is 3. The molecular formula is C8H10BrNO2S. The van der Waals surface area contributed by atoms with Crippen molar-refractivity contribution >= 4 is 33.2 Å². The highest BCUT2D eigenvalue weighted by Crippen LogP contribution is 2.20. The molecule has 0 aliphatic heterocycles. The average Bonchev–Trinajstić information content (AvgIpc) is 2.49. The van der Waals surface area contributed by atoms with Gasteiger partial charge in [0.2, 0.25) is 0 Å². The van der Waals surface area contributed by atoms with Crippen LogP contribution in [-0.4, -0.2) is 25.1 Å². The quantitative estimate of drug-likeness (QED) is 0.782. The Morgan fingerprint density at radius 3 is 2.92 bits per heavy atom. The Hall–Kier alpha value is -0.390. The van der Waals surface area contributed by atoms with Crippen LogP contribution in [0.4, 0.5) is 0 Å². The van der Waals surface area contributed by atoms with Gasteiger partial charge >= 0.3 is 0 Å². The van der Waals surface area contributed by atoms with Gasteiger partial charge in [-0.25, -0.2) is 5.06 Å². The maximum atomic E-state index is 11.3. The maximum absolute atomic E-state index is 11.3. The summed E-state index contributed by atoms with van der Waals surface area (Å²) in [7, 11) is 3.08. The van der Waals surface area contributed by atoms with Crippen LogP contribution in [0.2, 0.25) is 0 Å². The molecule has 0 radical (unpaired) electrons. The summed E-state index contributed by atoms with van der Waals surface area (Å²) in [5.41, 5.74) is 0. The molecule has 0 saturated heterocycles. The van der Waals surface area contributed by atoms with Crippen LogP contribution in [-0.2, 0) is 16.1 Å². The van der Waals surface area contributed by atoms with E-state index in [4.69, 9.17) is 4.84 Å². The number of likely N-dealkylation sites (N-methyl/N-ethyl adjacent to an activating group) is 1. The predicted molar refractivity (Wildman–Crippen MR) is 55.5 cm³/mol. The van der Waals surface area contributed by atoms with Gasteiger partial charge in [0.05, 0.1) is 13.5 Å². The topological polar surface area (TPSA) is 29.5 Å². The molecular weight excluding hydrogens is 254 g/mol. The van der Waals surface area contributed by atoms with Crippen molar-refractivity contribution in [2.24, 2.45) is 0 Å². The molecule has 1 heterocycles. The van der Waals surface area contributed by atoms with Crippen molar-refractivity contribution < 1.29 is 9.63 Å². The largest absolute Gasteiger partial charge is 0.275 e. The Kier molecular flexibility index (Phi) is 3.90. The maximum Gasteiger partial charge on any atom is 0.251 e. The second kappa shape index (κ2) is 4.74. The molecule has 0 aliphatic carbocycles. The lowest BCUT2D eigenvalue weighted by Crippen LogP contribution is -2.26. The standard InChI is InChI=1S/C8H10BrNO2S/c1-10(12-2)8(11)4-7-3-6(9)5-13-7/h3,5H,4H2,1-2H3. The minimum absolute atomic E-state index is 0.0446. The zero-order valence-corrected chi connectivity index (χ0v) is 9.81. The van der Waals surface area contributed by atoms with E-state index in [-0.39, 0.29) is 5.91 Å². The Bertz CT molecular complexity index is 300. The van der Waals surface area contributed by atoms with E-state index in [1.807, 2.05) is 11.4 Å². The molecule has 3 nitrogen and oxygen atoms in total. The highest BCUT2D eigenvalue weighted by molar-refractivity contribution is 9.10. The third kappa shape index (κ3) is 3.10. The lowest BCUT2D eigenvalue weighted by atomic mass is 10.3. The summed E-state index contributed by atoms with van der Waals surface area (Å²) in [4.78, 5) is 17.1. The third-order valence-corrected chi connectivity index (χ3v) is 3.27. The molecule has 0 unspecified atom stereocenters. The summed E-state index contributed by atoms with van der Waals surface area (Å²) < 4.78 is 1.01. The summed E-state index contributed by atoms with van der Waals surface area (Å²) >= 11 is 4.89. The lowest BCUT2D eigenvalue weighted by molar-refractivity contribution is -0.167. The molecule has 1 amide bonds. The molecule has 0 bridgehead atoms. The van der Waals surface area contributed by atoms with E-state index in [1.165, 1.54) is 12.2 Å². The molecule has 0 spiro atoms. The minimum Gasteiger partial charge on any atom is -0.275 e. The fraction of sp³-hybridized carbons (Fsp3) is 0.375. The number of hydrogen-bond acceptors (Lipinski definition) is 3. The third-order valence-electron chi connectivity index (χ3n) is 1.57. The Balaban J connectivity index is 2.54. The van der Waals surface area contributed by atoms with Gasteiger partial charge in [0.15, 0.2) is 0 Å². The van der Waals surface area contributed by atoms with Gasteiger partial charge in [-0.05, 0) is 22.0 Å². The van der Waals surface area contributed by atoms with Crippen molar-refractivity contribution in [2.45, 2.75) is 6.42 Å². The number of carbonyl (C=O) groups is 1. The number of hydroxylamine groups is 2. The van der Waals surface area contributed by atoms with Crippen molar-refractivity contribution in [1.82, 2.24) is 5.06 Å². The summed E-state index contributed by atoms with van der Waals surface area (Å²) in [6.45, 7) is 0. The van der Waals surface area contributed by atoms with Gasteiger partial charge in [0, 0.05) is 21.8 Å². The van der Waals surface area contributed by atoms with E-state index in [0.717, 1.165) is 9.35 Å². The van der Waals surface area contributed by atoms with Crippen LogP contribution in [0.3, 0.4) is 0 Å². The first kappa shape index (κ1) is 10.7. The van der Waals surface area contributed by atoms with E-state index >= 15 is 0 Å². The Morgan fingerprint density at radius 1 is 1.77 bits per heavy atom. The summed E-state index contributed by atoms with van der Waals surface area (Å²) in [5.74, 6) is -0.0446. The molecule has 1 aromatic rings. The molecule has 0 atom stereocenters. The average molecular weight is 264 g/mol. The summed E-state index contributed by atoms with van der Waals surface area (Å²) in [6, 6.07) is 1.94. The van der Waals surface area contributed by atoms with Gasteiger partial charge < -0.3 is 0 Å². The van der Waals surface area contributed by atoms with Gasteiger partial charge in [-0.1, -0.05) is 0 Å². The van der Waals surface area contributed by atoms with Gasteiger partial charge in [0.25, 0.3) is 5.91 Å². The molecule has 72 valence electrons. The van der Waals surface area contributed by atoms with Crippen molar-refractivity contribution in [1.29, 1.82) is 0 Å². The van der Waals surface area contributed by atoms with Crippen molar-refractivity contribution in [2.75, 3.05) is 14.2 Å². The van der Waals surface area contributed by atoms with Gasteiger partial charge in [-0.15, -0.1) is 11.3 Å². The van der Waals surface area contributed by atoms with Crippen LogP contribution < -0.4 is 0 Å². The van der Waals surface area contributed by atoms with E-state index < -0.39 is 0 Å². The second-order valence-electron chi connectivity index (χ2n) is 2.48. The zero-order chi connectivity index (χ0) is 9.84. The number of thiophene rings is 1. The van der Waals surface area contributed by atoms with Crippen LogP contribution >= 0.6 is 27.3 Å². The molecule has 0 fully saturated rings. The first-order chi connectivity index (χ1) is 6.13. The van der Waals surface area contributed by atoms with E-state index in [1.54, 1.807) is 18.4 Å². The minimum atomic E-state index is -0.0446. The SMILES string of the molecule is CON(C)C(=O)Cc1cc(Br)cs1. The van der Waals surface area contributed by atoms with Crippen LogP contribution in [0.25, 0.3) is 0 Å². The Morgan fingerprint density at radius 2 is 2.46 bits per heavy atom. The first-order valence-electron chi connectivity index (χ1n) is 3.67. The molecule has 1 rings (SSSR count). The molecule has 0 N–H and O–H groups in total. The molecule has 5 heteroatoms. The number of hydrogen-bond donors (Lipinski definition) is 0. The number of nitrogens with zero attached hydrogens (tertiary/aromatic N) is 1. The number of carbonyl (C=O) groups excluding carboxylic acids is 1. The summed E-state index contributed by atoms with van der Waals surface area (Å²) in [6.07, 6.45) is 0.389. The molecule has 0 saturated carbocycles. The molecule has 1 aromatic heterocycles. The van der Waals surface area contributed by atoms with E-state index in [9.17, 15) is 4.79 Å². The van der Waals surface area contributed by atoms with Crippen LogP contribution in [0, 0.1) is 0 Å². The number of amides is 1.